The summed E-state index contributed by atoms with van der Waals surface area (Å²) < 4.78 is 2.25. The summed E-state index contributed by atoms with van der Waals surface area (Å²) in [5.74, 6) is 2.27. The molecule has 39 heavy (non-hydrogen) atoms. The number of benzene rings is 1. The van der Waals surface area contributed by atoms with Gasteiger partial charge in [0.15, 0.2) is 0 Å². The molecule has 1 aromatic carbocycles. The van der Waals surface area contributed by atoms with E-state index in [4.69, 9.17) is 20.8 Å². The number of nitriles is 1. The van der Waals surface area contributed by atoms with Gasteiger partial charge in [0.2, 0.25) is 0 Å². The van der Waals surface area contributed by atoms with Crippen LogP contribution in [0.4, 0.5) is 11.5 Å². The molecule has 7 heteroatoms. The Morgan fingerprint density at radius 1 is 1.15 bits per heavy atom. The largest absolute Gasteiger partial charge is 0.398 e. The highest BCUT2D eigenvalue weighted by atomic mass is 15.3. The van der Waals surface area contributed by atoms with Crippen molar-refractivity contribution in [3.05, 3.63) is 63.4 Å². The minimum Gasteiger partial charge on any atom is -0.398 e. The monoisotopic (exact) mass is 523 g/mol. The second-order valence-electron chi connectivity index (χ2n) is 12.1. The van der Waals surface area contributed by atoms with Crippen molar-refractivity contribution >= 4 is 11.5 Å². The molecule has 0 amide bonds. The van der Waals surface area contributed by atoms with Crippen LogP contribution in [0.1, 0.15) is 110 Å². The Morgan fingerprint density at radius 3 is 2.72 bits per heavy atom. The quantitative estimate of drug-likeness (QED) is 0.412. The maximum atomic E-state index is 10.0. The number of fused-ring (bicyclic) bond motifs is 2. The van der Waals surface area contributed by atoms with E-state index >= 15 is 0 Å². The molecule has 2 aromatic heterocycles. The molecule has 1 unspecified atom stereocenters. The summed E-state index contributed by atoms with van der Waals surface area (Å²) >= 11 is 0. The molecule has 7 nitrogen and oxygen atoms in total. The molecule has 0 spiro atoms. The highest BCUT2D eigenvalue weighted by Crippen LogP contribution is 2.43. The van der Waals surface area contributed by atoms with Gasteiger partial charge in [0, 0.05) is 36.2 Å². The molecule has 3 heterocycles. The van der Waals surface area contributed by atoms with Gasteiger partial charge in [-0.3, -0.25) is 4.68 Å². The molecular formula is C32H41N7. The number of aryl methyl sites for hydroxylation is 3. The first-order valence-electron chi connectivity index (χ1n) is 15.0. The van der Waals surface area contributed by atoms with Gasteiger partial charge in [-0.25, -0.2) is 9.97 Å². The van der Waals surface area contributed by atoms with Crippen LogP contribution in [0, 0.1) is 11.3 Å². The average Bonchev–Trinajstić information content (AvgIpc) is 3.23. The van der Waals surface area contributed by atoms with Gasteiger partial charge in [0.25, 0.3) is 0 Å². The van der Waals surface area contributed by atoms with E-state index in [-0.39, 0.29) is 11.3 Å². The SMILES string of the molecule is CCCc1ccc(N)c(C#N)c1C1CCc2c(nc(CC)nc2N2CCCn3nc(C4(C)CCC4)cc3C2)C1. The molecule has 3 aliphatic rings. The maximum Gasteiger partial charge on any atom is 0.136 e. The Balaban J connectivity index is 1.34. The highest BCUT2D eigenvalue weighted by molar-refractivity contribution is 5.62. The van der Waals surface area contributed by atoms with Gasteiger partial charge in [-0.15, -0.1) is 0 Å². The van der Waals surface area contributed by atoms with Crippen LogP contribution < -0.4 is 10.6 Å². The molecular weight excluding hydrogens is 482 g/mol. The van der Waals surface area contributed by atoms with E-state index in [0.29, 0.717) is 11.3 Å². The predicted octanol–water partition coefficient (Wildman–Crippen LogP) is 5.77. The van der Waals surface area contributed by atoms with Gasteiger partial charge in [0.05, 0.1) is 29.2 Å². The number of nitrogens with zero attached hydrogens (tertiary/aromatic N) is 6. The van der Waals surface area contributed by atoms with Crippen LogP contribution in [0.25, 0.3) is 0 Å². The minimum atomic E-state index is 0.251. The summed E-state index contributed by atoms with van der Waals surface area (Å²) in [6.45, 7) is 9.47. The number of hydrogen-bond donors (Lipinski definition) is 1. The van der Waals surface area contributed by atoms with Gasteiger partial charge < -0.3 is 10.6 Å². The standard InChI is InChI=1S/C32H41N7/c1-4-8-21-10-12-26(34)25(19-33)30(21)22-9-11-24-27(17-22)35-29(5-2)36-31(24)38-15-7-16-39-23(20-38)18-28(37-39)32(3)13-6-14-32/h10,12,18,22H,4-9,11,13-17,20,34H2,1-3H3. The zero-order chi connectivity index (χ0) is 27.1. The summed E-state index contributed by atoms with van der Waals surface area (Å²) in [6, 6.07) is 8.83. The lowest BCUT2D eigenvalue weighted by Gasteiger charge is -2.36. The molecule has 204 valence electrons. The summed E-state index contributed by atoms with van der Waals surface area (Å²) in [4.78, 5) is 12.7. The van der Waals surface area contributed by atoms with E-state index in [0.717, 1.165) is 87.5 Å². The molecule has 1 saturated carbocycles. The minimum absolute atomic E-state index is 0.251. The number of aromatic nitrogens is 4. The van der Waals surface area contributed by atoms with Crippen molar-refractivity contribution in [2.75, 3.05) is 17.2 Å². The van der Waals surface area contributed by atoms with Crippen LogP contribution in [-0.2, 0) is 44.2 Å². The van der Waals surface area contributed by atoms with Crippen LogP contribution in [0.15, 0.2) is 18.2 Å². The summed E-state index contributed by atoms with van der Waals surface area (Å²) in [6.07, 6.45) is 10.4. The molecule has 6 rings (SSSR count). The van der Waals surface area contributed by atoms with Gasteiger partial charge in [0.1, 0.15) is 17.7 Å². The third-order valence-corrected chi connectivity index (χ3v) is 9.41. The Kier molecular flexibility index (Phi) is 6.82. The van der Waals surface area contributed by atoms with Crippen molar-refractivity contribution in [2.24, 2.45) is 0 Å². The molecule has 0 saturated heterocycles. The van der Waals surface area contributed by atoms with Crippen LogP contribution in [0.5, 0.6) is 0 Å². The molecule has 2 N–H and O–H groups in total. The molecule has 1 atom stereocenters. The molecule has 3 aromatic rings. The molecule has 1 fully saturated rings. The van der Waals surface area contributed by atoms with Gasteiger partial charge in [-0.1, -0.05) is 39.7 Å². The number of hydrogen-bond acceptors (Lipinski definition) is 6. The third-order valence-electron chi connectivity index (χ3n) is 9.41. The second kappa shape index (κ2) is 10.3. The first-order chi connectivity index (χ1) is 18.9. The Morgan fingerprint density at radius 2 is 2.00 bits per heavy atom. The van der Waals surface area contributed by atoms with Crippen molar-refractivity contribution in [2.45, 2.75) is 109 Å². The lowest BCUT2D eigenvalue weighted by molar-refractivity contribution is 0.262. The Hall–Kier alpha value is -3.40. The molecule has 1 aliphatic heterocycles. The van der Waals surface area contributed by atoms with E-state index in [2.05, 4.69) is 48.6 Å². The van der Waals surface area contributed by atoms with Crippen molar-refractivity contribution in [3.8, 4) is 6.07 Å². The first kappa shape index (κ1) is 25.9. The highest BCUT2D eigenvalue weighted by Gasteiger charge is 2.37. The first-order valence-corrected chi connectivity index (χ1v) is 15.0. The number of nitrogens with two attached hydrogens (primary N) is 1. The number of nitrogen functional groups attached to an aromatic ring is 1. The van der Waals surface area contributed by atoms with Crippen LogP contribution >= 0.6 is 0 Å². The van der Waals surface area contributed by atoms with Crippen molar-refractivity contribution in [1.29, 1.82) is 5.26 Å². The van der Waals surface area contributed by atoms with Crippen molar-refractivity contribution in [3.63, 3.8) is 0 Å². The van der Waals surface area contributed by atoms with Crippen molar-refractivity contribution < 1.29 is 0 Å². The van der Waals surface area contributed by atoms with Crippen LogP contribution in [-0.4, -0.2) is 26.3 Å². The van der Waals surface area contributed by atoms with E-state index in [1.807, 2.05) is 6.07 Å². The van der Waals surface area contributed by atoms with Gasteiger partial charge in [-0.05, 0) is 74.1 Å². The van der Waals surface area contributed by atoms with E-state index in [1.165, 1.54) is 41.8 Å². The number of rotatable bonds is 6. The molecule has 0 radical (unpaired) electrons. The topological polar surface area (TPSA) is 96.6 Å². The molecule has 2 aliphatic carbocycles. The lowest BCUT2D eigenvalue weighted by atomic mass is 9.68. The zero-order valence-corrected chi connectivity index (χ0v) is 23.8. The fourth-order valence-electron chi connectivity index (χ4n) is 6.97. The normalized spacial score (nSPS) is 19.9. The third kappa shape index (κ3) is 4.58. The van der Waals surface area contributed by atoms with Crippen LogP contribution in [0.3, 0.4) is 0 Å². The van der Waals surface area contributed by atoms with Gasteiger partial charge in [-0.2, -0.15) is 10.4 Å². The predicted molar refractivity (Wildman–Crippen MR) is 155 cm³/mol. The van der Waals surface area contributed by atoms with E-state index < -0.39 is 0 Å². The maximum absolute atomic E-state index is 10.0. The fraction of sp³-hybridized carbons (Fsp3) is 0.562. The summed E-state index contributed by atoms with van der Waals surface area (Å²) in [7, 11) is 0. The van der Waals surface area contributed by atoms with Crippen LogP contribution in [0.2, 0.25) is 0 Å². The smallest absolute Gasteiger partial charge is 0.136 e. The van der Waals surface area contributed by atoms with E-state index in [1.54, 1.807) is 0 Å². The number of anilines is 2. The fourth-order valence-corrected chi connectivity index (χ4v) is 6.97. The summed E-state index contributed by atoms with van der Waals surface area (Å²) in [5.41, 5.74) is 15.2. The van der Waals surface area contributed by atoms with Crippen molar-refractivity contribution in [1.82, 2.24) is 19.7 Å². The Bertz CT molecular complexity index is 1430. The van der Waals surface area contributed by atoms with E-state index in [9.17, 15) is 5.26 Å². The average molecular weight is 524 g/mol. The zero-order valence-electron chi connectivity index (χ0n) is 23.8. The second-order valence-corrected chi connectivity index (χ2v) is 12.1. The van der Waals surface area contributed by atoms with Gasteiger partial charge >= 0.3 is 0 Å². The Labute approximate surface area is 232 Å². The lowest BCUT2D eigenvalue weighted by Crippen LogP contribution is -2.31. The summed E-state index contributed by atoms with van der Waals surface area (Å²) in [5, 5.41) is 15.1. The molecule has 0 bridgehead atoms.